The fourth-order valence-electron chi connectivity index (χ4n) is 5.54. The predicted octanol–water partition coefficient (Wildman–Crippen LogP) is 2.10. The lowest BCUT2D eigenvalue weighted by atomic mass is 9.87. The molecule has 0 aromatic rings. The smallest absolute Gasteiger partial charge is 0.308 e. The Kier molecular flexibility index (Phi) is 4.71. The lowest BCUT2D eigenvalue weighted by Crippen LogP contribution is -2.61. The molecule has 0 saturated carbocycles. The van der Waals surface area contributed by atoms with Gasteiger partial charge in [-0.25, -0.2) is 0 Å². The van der Waals surface area contributed by atoms with Gasteiger partial charge in [-0.1, -0.05) is 19.8 Å². The minimum atomic E-state index is -0.574. The summed E-state index contributed by atoms with van der Waals surface area (Å²) in [6.45, 7) is 2.20. The van der Waals surface area contributed by atoms with E-state index in [1.165, 1.54) is 20.0 Å². The second-order valence-electron chi connectivity index (χ2n) is 8.60. The Labute approximate surface area is 159 Å². The van der Waals surface area contributed by atoms with E-state index in [-0.39, 0.29) is 61.2 Å². The van der Waals surface area contributed by atoms with Crippen LogP contribution in [-0.4, -0.2) is 67.7 Å². The first-order valence-corrected chi connectivity index (χ1v) is 10.5. The van der Waals surface area contributed by atoms with Gasteiger partial charge in [0.1, 0.15) is 30.5 Å². The van der Waals surface area contributed by atoms with Gasteiger partial charge in [0, 0.05) is 12.8 Å². The van der Waals surface area contributed by atoms with Crippen molar-refractivity contribution < 1.29 is 33.2 Å². The molecule has 0 aromatic heterocycles. The van der Waals surface area contributed by atoms with E-state index in [0.29, 0.717) is 0 Å². The van der Waals surface area contributed by atoms with Crippen molar-refractivity contribution in [2.45, 2.75) is 113 Å². The first-order chi connectivity index (χ1) is 13.1. The van der Waals surface area contributed by atoms with E-state index in [4.69, 9.17) is 28.4 Å². The molecule has 6 aliphatic rings. The van der Waals surface area contributed by atoms with Crippen LogP contribution in [-0.2, 0) is 33.2 Å². The quantitative estimate of drug-likeness (QED) is 0.514. The van der Waals surface area contributed by atoms with Crippen LogP contribution in [0.4, 0.5) is 0 Å². The maximum Gasteiger partial charge on any atom is 0.308 e. The van der Waals surface area contributed by atoms with E-state index >= 15 is 0 Å². The fourth-order valence-corrected chi connectivity index (χ4v) is 5.54. The monoisotopic (exact) mass is 382 g/mol. The number of carbonyl (C=O) groups is 1. The number of hydrogen-bond acceptors (Lipinski definition) is 7. The average molecular weight is 382 g/mol. The molecule has 7 heteroatoms. The lowest BCUT2D eigenvalue weighted by Gasteiger charge is -2.47. The number of hydrogen-bond donors (Lipinski definition) is 0. The standard InChI is InChI=1S/C20H30O7/c1-3-4-5-8-20-10-13-16(26-20)17-18(25-13)19(27-20)15-12(24-17)7-6-11(23-15)9-14(21)22-2/h11-13,15-19H,3-10H2,1-2H3/t11-,12+,13-,15+,16+,17+,18-,19+,20+/m1/s1. The van der Waals surface area contributed by atoms with Gasteiger partial charge >= 0.3 is 5.97 Å². The molecule has 9 atom stereocenters. The Balaban J connectivity index is 1.36. The molecule has 0 N–H and O–H groups in total. The minimum Gasteiger partial charge on any atom is -0.469 e. The van der Waals surface area contributed by atoms with Crippen molar-refractivity contribution in [3.63, 3.8) is 0 Å². The van der Waals surface area contributed by atoms with Gasteiger partial charge in [-0.05, 0) is 19.3 Å². The van der Waals surface area contributed by atoms with Crippen LogP contribution in [0.25, 0.3) is 0 Å². The number of rotatable bonds is 6. The van der Waals surface area contributed by atoms with Crippen LogP contribution in [0.1, 0.15) is 58.3 Å². The Bertz CT molecular complexity index is 583. The highest BCUT2D eigenvalue weighted by Crippen LogP contribution is 2.53. The van der Waals surface area contributed by atoms with Crippen LogP contribution in [0.3, 0.4) is 0 Å². The topological polar surface area (TPSA) is 72.5 Å². The third-order valence-electron chi connectivity index (χ3n) is 6.81. The maximum atomic E-state index is 11.7. The molecule has 0 radical (unpaired) electrons. The summed E-state index contributed by atoms with van der Waals surface area (Å²) in [4.78, 5) is 11.7. The zero-order valence-electron chi connectivity index (χ0n) is 16.1. The third kappa shape index (κ3) is 3.02. The van der Waals surface area contributed by atoms with E-state index in [1.807, 2.05) is 0 Å². The zero-order chi connectivity index (χ0) is 18.6. The molecule has 0 aliphatic carbocycles. The van der Waals surface area contributed by atoms with Crippen molar-refractivity contribution in [3.05, 3.63) is 0 Å². The maximum absolute atomic E-state index is 11.7. The summed E-state index contributed by atoms with van der Waals surface area (Å²) in [6.07, 6.45) is 6.19. The van der Waals surface area contributed by atoms with Crippen molar-refractivity contribution in [3.8, 4) is 0 Å². The fraction of sp³-hybridized carbons (Fsp3) is 0.950. The number of carbonyl (C=O) groups excluding carboxylic acids is 1. The summed E-state index contributed by atoms with van der Waals surface area (Å²) in [5, 5.41) is 0. The van der Waals surface area contributed by atoms with Gasteiger partial charge in [-0.15, -0.1) is 0 Å². The Hall–Kier alpha value is -0.730. The van der Waals surface area contributed by atoms with Crippen LogP contribution in [0.15, 0.2) is 0 Å². The molecule has 27 heavy (non-hydrogen) atoms. The largest absolute Gasteiger partial charge is 0.469 e. The highest BCUT2D eigenvalue weighted by molar-refractivity contribution is 5.69. The summed E-state index contributed by atoms with van der Waals surface area (Å²) in [5.74, 6) is -0.816. The lowest BCUT2D eigenvalue weighted by molar-refractivity contribution is -0.292. The first-order valence-electron chi connectivity index (χ1n) is 10.5. The number of ether oxygens (including phenoxy) is 6. The van der Waals surface area contributed by atoms with Gasteiger partial charge in [-0.2, -0.15) is 0 Å². The molecule has 152 valence electrons. The molecule has 6 fully saturated rings. The number of methoxy groups -OCH3 is 1. The Morgan fingerprint density at radius 1 is 0.963 bits per heavy atom. The van der Waals surface area contributed by atoms with Gasteiger partial charge in [0.05, 0.1) is 31.8 Å². The van der Waals surface area contributed by atoms with Gasteiger partial charge in [0.15, 0.2) is 5.79 Å². The van der Waals surface area contributed by atoms with E-state index in [9.17, 15) is 4.79 Å². The van der Waals surface area contributed by atoms with Crippen molar-refractivity contribution in [1.29, 1.82) is 0 Å². The second kappa shape index (κ2) is 6.95. The predicted molar refractivity (Wildman–Crippen MR) is 93.1 cm³/mol. The molecule has 6 heterocycles. The van der Waals surface area contributed by atoms with E-state index in [0.717, 1.165) is 32.1 Å². The SMILES string of the molecule is CCCCC[C@@]12C[C@H]3O[C@H]4[C@@H](O1)[C@H]1O[C@@H](CC(=O)OC)CC[C@@H]1O[C@H]4[C@H]3O2. The Morgan fingerprint density at radius 3 is 2.56 bits per heavy atom. The molecule has 0 amide bonds. The molecule has 0 spiro atoms. The van der Waals surface area contributed by atoms with Crippen LogP contribution >= 0.6 is 0 Å². The van der Waals surface area contributed by atoms with E-state index in [2.05, 4.69) is 6.92 Å². The summed E-state index contributed by atoms with van der Waals surface area (Å²) in [5.41, 5.74) is 0. The van der Waals surface area contributed by atoms with Gasteiger partial charge < -0.3 is 28.4 Å². The second-order valence-corrected chi connectivity index (χ2v) is 8.60. The molecule has 0 aromatic carbocycles. The molecule has 6 saturated heterocycles. The molecule has 6 bridgehead atoms. The molecular weight excluding hydrogens is 352 g/mol. The highest BCUT2D eigenvalue weighted by atomic mass is 16.8. The number of esters is 1. The summed E-state index contributed by atoms with van der Waals surface area (Å²) in [6, 6.07) is 0. The molecule has 6 aliphatic heterocycles. The average Bonchev–Trinajstić information content (AvgIpc) is 3.07. The number of fused-ring (bicyclic) bond motifs is 1. The minimum absolute atomic E-state index is 0.0249. The third-order valence-corrected chi connectivity index (χ3v) is 6.81. The van der Waals surface area contributed by atoms with E-state index in [1.54, 1.807) is 0 Å². The van der Waals surface area contributed by atoms with Gasteiger partial charge in [0.2, 0.25) is 0 Å². The van der Waals surface area contributed by atoms with Gasteiger partial charge in [0.25, 0.3) is 0 Å². The highest BCUT2D eigenvalue weighted by Gasteiger charge is 2.68. The molecule has 6 rings (SSSR count). The normalized spacial score (nSPS) is 49.7. The van der Waals surface area contributed by atoms with E-state index < -0.39 is 5.79 Å². The van der Waals surface area contributed by atoms with Crippen molar-refractivity contribution >= 4 is 5.97 Å². The van der Waals surface area contributed by atoms with Crippen LogP contribution in [0.5, 0.6) is 0 Å². The number of unbranched alkanes of at least 4 members (excludes halogenated alkanes) is 2. The summed E-state index contributed by atoms with van der Waals surface area (Å²) < 4.78 is 36.9. The Morgan fingerprint density at radius 2 is 1.74 bits per heavy atom. The van der Waals surface area contributed by atoms with Crippen LogP contribution in [0.2, 0.25) is 0 Å². The first kappa shape index (κ1) is 18.3. The van der Waals surface area contributed by atoms with Gasteiger partial charge in [-0.3, -0.25) is 4.79 Å². The van der Waals surface area contributed by atoms with Crippen LogP contribution in [0, 0.1) is 0 Å². The van der Waals surface area contributed by atoms with Crippen molar-refractivity contribution in [2.75, 3.05) is 7.11 Å². The summed E-state index contributed by atoms with van der Waals surface area (Å²) >= 11 is 0. The zero-order valence-corrected chi connectivity index (χ0v) is 16.1. The summed E-state index contributed by atoms with van der Waals surface area (Å²) in [7, 11) is 1.41. The van der Waals surface area contributed by atoms with Crippen LogP contribution < -0.4 is 0 Å². The molecule has 7 nitrogen and oxygen atoms in total. The van der Waals surface area contributed by atoms with Crippen molar-refractivity contribution in [2.24, 2.45) is 0 Å². The van der Waals surface area contributed by atoms with Crippen molar-refractivity contribution in [1.82, 2.24) is 0 Å². The molecular formula is C20H30O7. The molecule has 0 unspecified atom stereocenters.